The number of sulfonamides is 1. The zero-order valence-electron chi connectivity index (χ0n) is 13.1. The molecule has 2 rings (SSSR count). The molecule has 2 N–H and O–H groups in total. The van der Waals surface area contributed by atoms with Crippen molar-refractivity contribution in [3.05, 3.63) is 24.8 Å². The van der Waals surface area contributed by atoms with Crippen molar-refractivity contribution in [1.82, 2.24) is 24.5 Å². The smallest absolute Gasteiger partial charge is 0.243 e. The van der Waals surface area contributed by atoms with Gasteiger partial charge in [0.25, 0.3) is 0 Å². The molecule has 2 aromatic heterocycles. The fraction of sp³-hybridized carbons (Fsp3) is 0.462. The summed E-state index contributed by atoms with van der Waals surface area (Å²) in [5.41, 5.74) is 0. The Morgan fingerprint density at radius 3 is 2.83 bits per heavy atom. The average Bonchev–Trinajstić information content (AvgIpc) is 3.04. The zero-order valence-corrected chi connectivity index (χ0v) is 13.9. The van der Waals surface area contributed by atoms with Gasteiger partial charge in [0, 0.05) is 31.9 Å². The van der Waals surface area contributed by atoms with E-state index in [2.05, 4.69) is 25.1 Å². The molecular formula is C13H20N6O3S. The summed E-state index contributed by atoms with van der Waals surface area (Å²) in [5, 5.41) is 7.04. The van der Waals surface area contributed by atoms with E-state index in [0.717, 1.165) is 0 Å². The Labute approximate surface area is 135 Å². The van der Waals surface area contributed by atoms with Crippen LogP contribution in [-0.4, -0.2) is 48.4 Å². The van der Waals surface area contributed by atoms with Crippen LogP contribution in [0.4, 0.5) is 5.82 Å². The van der Waals surface area contributed by atoms with Crippen molar-refractivity contribution >= 4 is 15.8 Å². The van der Waals surface area contributed by atoms with Crippen LogP contribution in [0.5, 0.6) is 5.88 Å². The molecule has 0 radical (unpaired) electrons. The van der Waals surface area contributed by atoms with Crippen LogP contribution >= 0.6 is 0 Å². The number of methoxy groups -OCH3 is 1. The molecule has 23 heavy (non-hydrogen) atoms. The Morgan fingerprint density at radius 1 is 1.30 bits per heavy atom. The first-order valence-electron chi connectivity index (χ1n) is 7.17. The highest BCUT2D eigenvalue weighted by molar-refractivity contribution is 7.89. The molecule has 9 nitrogen and oxygen atoms in total. The summed E-state index contributed by atoms with van der Waals surface area (Å²) >= 11 is 0. The molecular weight excluding hydrogens is 320 g/mol. The first kappa shape index (κ1) is 17.2. The molecule has 0 amide bonds. The van der Waals surface area contributed by atoms with Crippen LogP contribution in [0.1, 0.15) is 13.3 Å². The lowest BCUT2D eigenvalue weighted by Crippen LogP contribution is -2.26. The van der Waals surface area contributed by atoms with E-state index in [0.29, 0.717) is 37.8 Å². The van der Waals surface area contributed by atoms with Gasteiger partial charge in [-0.1, -0.05) is 0 Å². The molecule has 0 aromatic carbocycles. The summed E-state index contributed by atoms with van der Waals surface area (Å²) in [5.74, 6) is 1.10. The van der Waals surface area contributed by atoms with Crippen molar-refractivity contribution in [3.8, 4) is 5.88 Å². The first-order chi connectivity index (χ1) is 11.0. The summed E-state index contributed by atoms with van der Waals surface area (Å²) in [7, 11) is -1.98. The van der Waals surface area contributed by atoms with E-state index in [1.54, 1.807) is 10.7 Å². The second-order valence-corrected chi connectivity index (χ2v) is 6.42. The number of hydrogen-bond acceptors (Lipinski definition) is 7. The van der Waals surface area contributed by atoms with Crippen LogP contribution < -0.4 is 14.8 Å². The fourth-order valence-corrected chi connectivity index (χ4v) is 2.82. The third-order valence-electron chi connectivity index (χ3n) is 3.05. The van der Waals surface area contributed by atoms with Gasteiger partial charge in [-0.15, -0.1) is 0 Å². The largest absolute Gasteiger partial charge is 0.481 e. The van der Waals surface area contributed by atoms with E-state index in [1.807, 2.05) is 6.92 Å². The minimum absolute atomic E-state index is 0.174. The van der Waals surface area contributed by atoms with E-state index in [1.165, 1.54) is 25.8 Å². The molecule has 0 bridgehead atoms. The van der Waals surface area contributed by atoms with E-state index < -0.39 is 10.0 Å². The third-order valence-corrected chi connectivity index (χ3v) is 4.46. The summed E-state index contributed by atoms with van der Waals surface area (Å²) in [6.45, 7) is 3.40. The summed E-state index contributed by atoms with van der Waals surface area (Å²) in [6, 6.07) is 1.67. The second kappa shape index (κ2) is 7.88. The topological polar surface area (TPSA) is 111 Å². The molecule has 126 valence electrons. The van der Waals surface area contributed by atoms with Gasteiger partial charge in [0.15, 0.2) is 0 Å². The van der Waals surface area contributed by atoms with Crippen LogP contribution in [0, 0.1) is 0 Å². The maximum Gasteiger partial charge on any atom is 0.243 e. The number of aryl methyl sites for hydroxylation is 1. The SMILES string of the molecule is CCn1cc(S(=O)(=O)NCCCNc2cc(OC)ncn2)cn1. The number of ether oxygens (including phenoxy) is 1. The number of hydrogen-bond donors (Lipinski definition) is 2. The van der Waals surface area contributed by atoms with Crippen molar-refractivity contribution in [2.75, 3.05) is 25.5 Å². The molecule has 0 fully saturated rings. The molecule has 2 aromatic rings. The predicted molar refractivity (Wildman–Crippen MR) is 84.8 cm³/mol. The molecule has 0 atom stereocenters. The highest BCUT2D eigenvalue weighted by Gasteiger charge is 2.15. The number of aromatic nitrogens is 4. The summed E-state index contributed by atoms with van der Waals surface area (Å²) in [6.07, 6.45) is 4.85. The molecule has 0 aliphatic heterocycles. The van der Waals surface area contributed by atoms with Gasteiger partial charge in [-0.25, -0.2) is 23.1 Å². The van der Waals surface area contributed by atoms with E-state index in [-0.39, 0.29) is 4.90 Å². The van der Waals surface area contributed by atoms with Gasteiger partial charge >= 0.3 is 0 Å². The molecule has 0 saturated heterocycles. The normalized spacial score (nSPS) is 11.4. The quantitative estimate of drug-likeness (QED) is 0.639. The average molecular weight is 340 g/mol. The maximum absolute atomic E-state index is 12.1. The molecule has 0 aliphatic carbocycles. The van der Waals surface area contributed by atoms with Gasteiger partial charge in [0.05, 0.1) is 13.3 Å². The van der Waals surface area contributed by atoms with Crippen LogP contribution in [0.25, 0.3) is 0 Å². The van der Waals surface area contributed by atoms with Gasteiger partial charge in [0.2, 0.25) is 15.9 Å². The van der Waals surface area contributed by atoms with Gasteiger partial charge < -0.3 is 10.1 Å². The lowest BCUT2D eigenvalue weighted by Gasteiger charge is -2.07. The van der Waals surface area contributed by atoms with Crippen molar-refractivity contribution in [2.45, 2.75) is 24.8 Å². The Hall–Kier alpha value is -2.20. The molecule has 0 saturated carbocycles. The fourth-order valence-electron chi connectivity index (χ4n) is 1.80. The number of rotatable bonds is 9. The Bertz CT molecular complexity index is 731. The van der Waals surface area contributed by atoms with Crippen molar-refractivity contribution in [1.29, 1.82) is 0 Å². The molecule has 10 heteroatoms. The molecule has 0 unspecified atom stereocenters. The zero-order chi connectivity index (χ0) is 16.7. The highest BCUT2D eigenvalue weighted by Crippen LogP contribution is 2.10. The standard InChI is InChI=1S/C13H20N6O3S/c1-3-19-9-11(8-17-19)23(20,21)18-6-4-5-14-12-7-13(22-2)16-10-15-12/h7-10,18H,3-6H2,1-2H3,(H,14,15,16). The predicted octanol–water partition coefficient (Wildman–Crippen LogP) is 0.482. The van der Waals surface area contributed by atoms with E-state index in [9.17, 15) is 8.42 Å². The van der Waals surface area contributed by atoms with Crippen molar-refractivity contribution in [2.24, 2.45) is 0 Å². The van der Waals surface area contributed by atoms with Gasteiger partial charge in [0.1, 0.15) is 17.0 Å². The Balaban J connectivity index is 1.76. The Kier molecular flexibility index (Phi) is 5.88. The van der Waals surface area contributed by atoms with Gasteiger partial charge in [-0.3, -0.25) is 4.68 Å². The van der Waals surface area contributed by atoms with Crippen LogP contribution in [0.3, 0.4) is 0 Å². The van der Waals surface area contributed by atoms with E-state index in [4.69, 9.17) is 4.74 Å². The van der Waals surface area contributed by atoms with Crippen molar-refractivity contribution in [3.63, 3.8) is 0 Å². The number of nitrogens with one attached hydrogen (secondary N) is 2. The van der Waals surface area contributed by atoms with E-state index >= 15 is 0 Å². The second-order valence-electron chi connectivity index (χ2n) is 4.66. The van der Waals surface area contributed by atoms with Crippen LogP contribution in [0.2, 0.25) is 0 Å². The lowest BCUT2D eigenvalue weighted by atomic mass is 10.4. The third kappa shape index (κ3) is 4.89. The van der Waals surface area contributed by atoms with Gasteiger partial charge in [-0.2, -0.15) is 5.10 Å². The maximum atomic E-state index is 12.1. The Morgan fingerprint density at radius 2 is 2.13 bits per heavy atom. The van der Waals surface area contributed by atoms with Crippen LogP contribution in [-0.2, 0) is 16.6 Å². The highest BCUT2D eigenvalue weighted by atomic mass is 32.2. The van der Waals surface area contributed by atoms with Gasteiger partial charge in [-0.05, 0) is 13.3 Å². The number of nitrogens with zero attached hydrogens (tertiary/aromatic N) is 4. The molecule has 0 spiro atoms. The number of anilines is 1. The van der Waals surface area contributed by atoms with Crippen molar-refractivity contribution < 1.29 is 13.2 Å². The molecule has 2 heterocycles. The van der Waals surface area contributed by atoms with Crippen LogP contribution in [0.15, 0.2) is 29.7 Å². The monoisotopic (exact) mass is 340 g/mol. The summed E-state index contributed by atoms with van der Waals surface area (Å²) in [4.78, 5) is 8.12. The minimum atomic E-state index is -3.51. The molecule has 0 aliphatic rings. The minimum Gasteiger partial charge on any atom is -0.481 e. The summed E-state index contributed by atoms with van der Waals surface area (Å²) < 4.78 is 33.2. The lowest BCUT2D eigenvalue weighted by molar-refractivity contribution is 0.397. The first-order valence-corrected chi connectivity index (χ1v) is 8.65.